The Morgan fingerprint density at radius 3 is 1.94 bits per heavy atom. The zero-order chi connectivity index (χ0) is 23.0. The molecule has 0 radical (unpaired) electrons. The van der Waals surface area contributed by atoms with Gasteiger partial charge < -0.3 is 4.74 Å². The molecule has 0 aromatic carbocycles. The van der Waals surface area contributed by atoms with Crippen molar-refractivity contribution in [3.05, 3.63) is 0 Å². The van der Waals surface area contributed by atoms with Gasteiger partial charge in [-0.25, -0.2) is 0 Å². The maximum atomic E-state index is 13.0. The van der Waals surface area contributed by atoms with Crippen LogP contribution in [0, 0.1) is 35.0 Å². The van der Waals surface area contributed by atoms with E-state index >= 15 is 0 Å². The average molecular weight is 447 g/mol. The summed E-state index contributed by atoms with van der Waals surface area (Å²) in [6.07, 6.45) is 21.0. The van der Waals surface area contributed by atoms with E-state index in [4.69, 9.17) is 4.74 Å². The standard InChI is InChI=1S/C29H50O3/c1-4-6-8-9-22-10-12-23(13-11-22)24-14-16-25(17-15-24)26-18-19-29(3,27(30)21-26)28(31)32-20-7-5-2/h22-26H,4-21H2,1-3H3/t22?,23?,24?,25?,26?,29-/m0/s1. The molecule has 0 amide bonds. The normalized spacial score (nSPS) is 36.1. The average Bonchev–Trinajstić information content (AvgIpc) is 2.82. The number of ketones is 1. The molecule has 0 saturated heterocycles. The van der Waals surface area contributed by atoms with Crippen molar-refractivity contribution in [3.8, 4) is 0 Å². The molecule has 3 nitrogen and oxygen atoms in total. The van der Waals surface area contributed by atoms with Crippen LogP contribution in [-0.2, 0) is 14.3 Å². The molecule has 3 fully saturated rings. The number of ether oxygens (including phenoxy) is 1. The lowest BCUT2D eigenvalue weighted by molar-refractivity contribution is -0.162. The fraction of sp³-hybridized carbons (Fsp3) is 0.931. The van der Waals surface area contributed by atoms with Crippen molar-refractivity contribution in [1.82, 2.24) is 0 Å². The van der Waals surface area contributed by atoms with Crippen molar-refractivity contribution in [3.63, 3.8) is 0 Å². The van der Waals surface area contributed by atoms with E-state index in [2.05, 4.69) is 13.8 Å². The van der Waals surface area contributed by atoms with Crippen LogP contribution in [-0.4, -0.2) is 18.4 Å². The Bertz CT molecular complexity index is 583. The summed E-state index contributed by atoms with van der Waals surface area (Å²) in [4.78, 5) is 25.5. The quantitative estimate of drug-likeness (QED) is 0.194. The van der Waals surface area contributed by atoms with E-state index in [1.165, 1.54) is 77.0 Å². The molecule has 0 bridgehead atoms. The molecule has 3 saturated carbocycles. The van der Waals surface area contributed by atoms with Crippen LogP contribution in [0.15, 0.2) is 0 Å². The van der Waals surface area contributed by atoms with Crippen molar-refractivity contribution in [2.75, 3.05) is 6.61 Å². The Morgan fingerprint density at radius 2 is 1.38 bits per heavy atom. The molecule has 3 rings (SSSR count). The highest BCUT2D eigenvalue weighted by atomic mass is 16.5. The summed E-state index contributed by atoms with van der Waals surface area (Å²) in [7, 11) is 0. The van der Waals surface area contributed by atoms with Gasteiger partial charge in [0.2, 0.25) is 0 Å². The zero-order valence-corrected chi connectivity index (χ0v) is 21.3. The number of hydrogen-bond acceptors (Lipinski definition) is 3. The minimum atomic E-state index is -0.892. The highest BCUT2D eigenvalue weighted by Crippen LogP contribution is 2.47. The van der Waals surface area contributed by atoms with E-state index in [1.54, 1.807) is 0 Å². The van der Waals surface area contributed by atoms with Crippen LogP contribution < -0.4 is 0 Å². The molecule has 0 heterocycles. The molecule has 0 aromatic rings. The first-order valence-corrected chi connectivity index (χ1v) is 14.2. The van der Waals surface area contributed by atoms with Crippen LogP contribution in [0.25, 0.3) is 0 Å². The van der Waals surface area contributed by atoms with Crippen LogP contribution in [0.3, 0.4) is 0 Å². The lowest BCUT2D eigenvalue weighted by Gasteiger charge is -2.42. The third-order valence-electron chi connectivity index (χ3n) is 9.52. The largest absolute Gasteiger partial charge is 0.465 e. The maximum Gasteiger partial charge on any atom is 0.319 e. The van der Waals surface area contributed by atoms with Gasteiger partial charge in [0.25, 0.3) is 0 Å². The van der Waals surface area contributed by atoms with E-state index in [-0.39, 0.29) is 11.8 Å². The number of esters is 1. The lowest BCUT2D eigenvalue weighted by atomic mass is 9.62. The van der Waals surface area contributed by atoms with Crippen LogP contribution >= 0.6 is 0 Å². The van der Waals surface area contributed by atoms with Crippen molar-refractivity contribution < 1.29 is 14.3 Å². The second-order valence-corrected chi connectivity index (χ2v) is 11.7. The molecule has 2 atom stereocenters. The van der Waals surface area contributed by atoms with Crippen molar-refractivity contribution in [2.24, 2.45) is 35.0 Å². The topological polar surface area (TPSA) is 43.4 Å². The third-order valence-corrected chi connectivity index (χ3v) is 9.52. The first kappa shape index (κ1) is 25.8. The Kier molecular flexibility index (Phi) is 10.1. The van der Waals surface area contributed by atoms with E-state index in [1.807, 2.05) is 6.92 Å². The van der Waals surface area contributed by atoms with Gasteiger partial charge in [-0.2, -0.15) is 0 Å². The Morgan fingerprint density at radius 1 is 0.812 bits per heavy atom. The Balaban J connectivity index is 1.39. The SMILES string of the molecule is CCCCCC1CCC(C2CCC(C3CC[C@](C)(C(=O)OCCCC)C(=O)C3)CC2)CC1. The van der Waals surface area contributed by atoms with Crippen molar-refractivity contribution in [1.29, 1.82) is 0 Å². The van der Waals surface area contributed by atoms with Gasteiger partial charge in [0.05, 0.1) is 6.61 Å². The lowest BCUT2D eigenvalue weighted by Crippen LogP contribution is -2.44. The molecule has 3 heteroatoms. The first-order chi connectivity index (χ1) is 15.5. The highest BCUT2D eigenvalue weighted by Gasteiger charge is 2.47. The molecule has 3 aliphatic rings. The van der Waals surface area contributed by atoms with Crippen molar-refractivity contribution >= 4 is 11.8 Å². The highest BCUT2D eigenvalue weighted by molar-refractivity contribution is 6.04. The van der Waals surface area contributed by atoms with Gasteiger partial charge in [0, 0.05) is 6.42 Å². The fourth-order valence-corrected chi connectivity index (χ4v) is 6.98. The summed E-state index contributed by atoms with van der Waals surface area (Å²) >= 11 is 0. The molecule has 0 N–H and O–H groups in total. The first-order valence-electron chi connectivity index (χ1n) is 14.2. The third kappa shape index (κ3) is 6.60. The molecule has 3 aliphatic carbocycles. The molecular formula is C29H50O3. The molecule has 32 heavy (non-hydrogen) atoms. The number of hydrogen-bond donors (Lipinski definition) is 0. The second-order valence-electron chi connectivity index (χ2n) is 11.7. The van der Waals surface area contributed by atoms with E-state index < -0.39 is 5.41 Å². The Labute approximate surface area is 197 Å². The van der Waals surface area contributed by atoms with Crippen molar-refractivity contribution in [2.45, 2.75) is 130 Å². The molecule has 0 aliphatic heterocycles. The van der Waals surface area contributed by atoms with Gasteiger partial charge in [0.1, 0.15) is 11.2 Å². The number of carbonyl (C=O) groups excluding carboxylic acids is 2. The van der Waals surface area contributed by atoms with Crippen LogP contribution in [0.5, 0.6) is 0 Å². The monoisotopic (exact) mass is 446 g/mol. The Hall–Kier alpha value is -0.860. The summed E-state index contributed by atoms with van der Waals surface area (Å²) in [6, 6.07) is 0. The molecular weight excluding hydrogens is 396 g/mol. The summed E-state index contributed by atoms with van der Waals surface area (Å²) in [5.74, 6) is 3.96. The van der Waals surface area contributed by atoms with Gasteiger partial charge >= 0.3 is 5.97 Å². The predicted molar refractivity (Wildman–Crippen MR) is 131 cm³/mol. The maximum absolute atomic E-state index is 13.0. The minimum absolute atomic E-state index is 0.138. The van der Waals surface area contributed by atoms with Gasteiger partial charge in [-0.3, -0.25) is 9.59 Å². The van der Waals surface area contributed by atoms with Gasteiger partial charge in [-0.1, -0.05) is 58.8 Å². The van der Waals surface area contributed by atoms with E-state index in [0.29, 0.717) is 31.3 Å². The van der Waals surface area contributed by atoms with E-state index in [9.17, 15) is 9.59 Å². The zero-order valence-electron chi connectivity index (χ0n) is 21.3. The van der Waals surface area contributed by atoms with Gasteiger partial charge in [0.15, 0.2) is 0 Å². The van der Waals surface area contributed by atoms with Gasteiger partial charge in [-0.05, 0) is 94.3 Å². The molecule has 0 spiro atoms. The second kappa shape index (κ2) is 12.6. The number of rotatable bonds is 10. The summed E-state index contributed by atoms with van der Waals surface area (Å²) in [6.45, 7) is 6.67. The van der Waals surface area contributed by atoms with Gasteiger partial charge in [-0.15, -0.1) is 0 Å². The molecule has 1 unspecified atom stereocenters. The van der Waals surface area contributed by atoms with E-state index in [0.717, 1.165) is 37.0 Å². The predicted octanol–water partition coefficient (Wildman–Crippen LogP) is 7.90. The van der Waals surface area contributed by atoms with Crippen LogP contribution in [0.1, 0.15) is 130 Å². The minimum Gasteiger partial charge on any atom is -0.465 e. The molecule has 0 aromatic heterocycles. The van der Waals surface area contributed by atoms with Crippen LogP contribution in [0.2, 0.25) is 0 Å². The van der Waals surface area contributed by atoms with Crippen LogP contribution in [0.4, 0.5) is 0 Å². The fourth-order valence-electron chi connectivity index (χ4n) is 6.98. The molecule has 184 valence electrons. The summed E-state index contributed by atoms with van der Waals surface area (Å²) in [5.41, 5.74) is -0.892. The number of Topliss-reactive ketones (excluding diaryl/α,β-unsaturated/α-hetero) is 1. The number of carbonyl (C=O) groups is 2. The number of unbranched alkanes of at least 4 members (excludes halogenated alkanes) is 3. The smallest absolute Gasteiger partial charge is 0.319 e. The summed E-state index contributed by atoms with van der Waals surface area (Å²) < 4.78 is 5.43. The summed E-state index contributed by atoms with van der Waals surface area (Å²) in [5, 5.41) is 0.